The van der Waals surface area contributed by atoms with Crippen LogP contribution in [0, 0.1) is 23.7 Å². The minimum Gasteiger partial charge on any atom is -0.493 e. The first-order chi connectivity index (χ1) is 14.6. The topological polar surface area (TPSA) is 44.8 Å². The highest BCUT2D eigenvalue weighted by molar-refractivity contribution is 5.89. The van der Waals surface area contributed by atoms with E-state index in [0.717, 1.165) is 22.3 Å². The second-order valence-electron chi connectivity index (χ2n) is 6.22. The molecule has 0 radical (unpaired) electrons. The van der Waals surface area contributed by atoms with Crippen molar-refractivity contribution in [2.24, 2.45) is 0 Å². The van der Waals surface area contributed by atoms with Crippen LogP contribution < -0.4 is 9.47 Å². The van der Waals surface area contributed by atoms with Crippen LogP contribution in [0.1, 0.15) is 32.6 Å². The van der Waals surface area contributed by atoms with Crippen molar-refractivity contribution in [3.05, 3.63) is 94.5 Å². The predicted octanol–water partition coefficient (Wildman–Crippen LogP) is 4.29. The maximum absolute atomic E-state index is 11.5. The Morgan fingerprint density at radius 2 is 1.17 bits per heavy atom. The van der Waals surface area contributed by atoms with Crippen molar-refractivity contribution in [2.75, 3.05) is 21.3 Å². The van der Waals surface area contributed by atoms with Gasteiger partial charge in [-0.25, -0.2) is 4.79 Å². The monoisotopic (exact) mass is 396 g/mol. The second-order valence-corrected chi connectivity index (χ2v) is 6.22. The summed E-state index contributed by atoms with van der Waals surface area (Å²) in [4.78, 5) is 11.5. The fraction of sp³-hybridized carbons (Fsp3) is 0.115. The number of hydrogen-bond donors (Lipinski definition) is 0. The molecule has 0 N–H and O–H groups in total. The summed E-state index contributed by atoms with van der Waals surface area (Å²) in [6.45, 7) is 0. The molecule has 0 bridgehead atoms. The normalized spacial score (nSPS) is 9.43. The fourth-order valence-corrected chi connectivity index (χ4v) is 2.68. The Kier molecular flexibility index (Phi) is 6.77. The van der Waals surface area contributed by atoms with E-state index in [9.17, 15) is 4.79 Å². The zero-order chi connectivity index (χ0) is 21.3. The van der Waals surface area contributed by atoms with E-state index in [0.29, 0.717) is 17.1 Å². The lowest BCUT2D eigenvalue weighted by Crippen LogP contribution is -2.00. The van der Waals surface area contributed by atoms with E-state index >= 15 is 0 Å². The van der Waals surface area contributed by atoms with Crippen LogP contribution >= 0.6 is 0 Å². The van der Waals surface area contributed by atoms with E-state index in [-0.39, 0.29) is 5.97 Å². The molecule has 4 heteroatoms. The SMILES string of the molecule is COC(=O)c1ccc(C#Cc2cccc(C#Cc3ccc(OC)c(OC)c3)c2)cc1. The Labute approximate surface area is 176 Å². The Bertz CT molecular complexity index is 1170. The molecule has 0 unspecified atom stereocenters. The van der Waals surface area contributed by atoms with E-state index in [1.807, 2.05) is 42.5 Å². The van der Waals surface area contributed by atoms with Gasteiger partial charge in [0, 0.05) is 22.3 Å². The van der Waals surface area contributed by atoms with Crippen LogP contribution in [0.2, 0.25) is 0 Å². The molecule has 0 amide bonds. The Balaban J connectivity index is 1.78. The summed E-state index contributed by atoms with van der Waals surface area (Å²) in [6, 6.07) is 20.2. The molecule has 0 heterocycles. The highest BCUT2D eigenvalue weighted by atomic mass is 16.5. The van der Waals surface area contributed by atoms with E-state index in [1.165, 1.54) is 7.11 Å². The average molecular weight is 396 g/mol. The van der Waals surface area contributed by atoms with E-state index in [1.54, 1.807) is 38.5 Å². The molecule has 0 aromatic heterocycles. The molecule has 0 fully saturated rings. The third kappa shape index (κ3) is 5.22. The van der Waals surface area contributed by atoms with Crippen molar-refractivity contribution in [1.29, 1.82) is 0 Å². The summed E-state index contributed by atoms with van der Waals surface area (Å²) >= 11 is 0. The number of esters is 1. The highest BCUT2D eigenvalue weighted by Gasteiger charge is 2.04. The fourth-order valence-electron chi connectivity index (χ4n) is 2.68. The lowest BCUT2D eigenvalue weighted by atomic mass is 10.1. The largest absolute Gasteiger partial charge is 0.493 e. The van der Waals surface area contributed by atoms with Crippen LogP contribution in [0.3, 0.4) is 0 Å². The molecule has 0 saturated heterocycles. The number of carbonyl (C=O) groups is 1. The molecule has 3 rings (SSSR count). The minimum absolute atomic E-state index is 0.365. The number of hydrogen-bond acceptors (Lipinski definition) is 4. The molecule has 0 aliphatic heterocycles. The molecule has 0 spiro atoms. The second kappa shape index (κ2) is 9.87. The van der Waals surface area contributed by atoms with Crippen LogP contribution in [0.15, 0.2) is 66.7 Å². The molecule has 0 saturated carbocycles. The molecule has 0 atom stereocenters. The van der Waals surface area contributed by atoms with Gasteiger partial charge in [0.1, 0.15) is 0 Å². The van der Waals surface area contributed by atoms with Gasteiger partial charge < -0.3 is 14.2 Å². The molecule has 3 aromatic carbocycles. The van der Waals surface area contributed by atoms with Crippen molar-refractivity contribution < 1.29 is 19.0 Å². The Morgan fingerprint density at radius 1 is 0.633 bits per heavy atom. The average Bonchev–Trinajstić information content (AvgIpc) is 2.81. The third-order valence-corrected chi connectivity index (χ3v) is 4.25. The number of benzene rings is 3. The number of rotatable bonds is 3. The minimum atomic E-state index is -0.365. The summed E-state index contributed by atoms with van der Waals surface area (Å²) in [7, 11) is 4.56. The predicted molar refractivity (Wildman–Crippen MR) is 116 cm³/mol. The molecule has 3 aromatic rings. The summed E-state index contributed by atoms with van der Waals surface area (Å²) < 4.78 is 15.3. The van der Waals surface area contributed by atoms with Gasteiger partial charge in [-0.15, -0.1) is 0 Å². The molecular weight excluding hydrogens is 376 g/mol. The van der Waals surface area contributed by atoms with Gasteiger partial charge in [-0.05, 0) is 60.7 Å². The Morgan fingerprint density at radius 3 is 1.73 bits per heavy atom. The van der Waals surface area contributed by atoms with E-state index in [4.69, 9.17) is 14.2 Å². The summed E-state index contributed by atoms with van der Waals surface area (Å²) in [5.74, 6) is 13.4. The standard InChI is InChI=1S/C26H20O4/c1-28-24-16-13-22(18-25(24)29-2)10-9-21-6-4-5-20(17-21)8-7-19-11-14-23(15-12-19)26(27)30-3/h4-6,11-18H,1-3H3. The van der Waals surface area contributed by atoms with Crippen molar-refractivity contribution in [1.82, 2.24) is 0 Å². The first-order valence-electron chi connectivity index (χ1n) is 9.17. The van der Waals surface area contributed by atoms with Crippen LogP contribution in [-0.2, 0) is 4.74 Å². The third-order valence-electron chi connectivity index (χ3n) is 4.25. The van der Waals surface area contributed by atoms with Crippen LogP contribution in [0.25, 0.3) is 0 Å². The summed E-state index contributed by atoms with van der Waals surface area (Å²) in [5, 5.41) is 0. The quantitative estimate of drug-likeness (QED) is 0.489. The van der Waals surface area contributed by atoms with Crippen molar-refractivity contribution >= 4 is 5.97 Å². The van der Waals surface area contributed by atoms with Crippen LogP contribution in [0.5, 0.6) is 11.5 Å². The van der Waals surface area contributed by atoms with Gasteiger partial charge in [-0.2, -0.15) is 0 Å². The highest BCUT2D eigenvalue weighted by Crippen LogP contribution is 2.27. The first-order valence-corrected chi connectivity index (χ1v) is 9.17. The van der Waals surface area contributed by atoms with Gasteiger partial charge in [-0.1, -0.05) is 29.7 Å². The first kappa shape index (κ1) is 20.6. The van der Waals surface area contributed by atoms with E-state index < -0.39 is 0 Å². The maximum Gasteiger partial charge on any atom is 0.337 e. The maximum atomic E-state index is 11.5. The van der Waals surface area contributed by atoms with Gasteiger partial charge in [0.15, 0.2) is 11.5 Å². The molecule has 30 heavy (non-hydrogen) atoms. The summed E-state index contributed by atoms with van der Waals surface area (Å²) in [6.07, 6.45) is 0. The van der Waals surface area contributed by atoms with Gasteiger partial charge in [-0.3, -0.25) is 0 Å². The number of carbonyl (C=O) groups excluding carboxylic acids is 1. The van der Waals surface area contributed by atoms with Gasteiger partial charge in [0.2, 0.25) is 0 Å². The molecule has 0 aliphatic carbocycles. The molecule has 148 valence electrons. The smallest absolute Gasteiger partial charge is 0.337 e. The van der Waals surface area contributed by atoms with Crippen LogP contribution in [0.4, 0.5) is 0 Å². The molecular formula is C26H20O4. The zero-order valence-electron chi connectivity index (χ0n) is 17.0. The Hall–Kier alpha value is -4.15. The number of ether oxygens (including phenoxy) is 3. The van der Waals surface area contributed by atoms with Gasteiger partial charge in [0.05, 0.1) is 26.9 Å². The van der Waals surface area contributed by atoms with Crippen molar-refractivity contribution in [3.8, 4) is 35.2 Å². The molecule has 0 aliphatic rings. The van der Waals surface area contributed by atoms with Gasteiger partial charge in [0.25, 0.3) is 0 Å². The van der Waals surface area contributed by atoms with Crippen molar-refractivity contribution in [3.63, 3.8) is 0 Å². The summed E-state index contributed by atoms with van der Waals surface area (Å²) in [5.41, 5.74) is 3.85. The van der Waals surface area contributed by atoms with Crippen molar-refractivity contribution in [2.45, 2.75) is 0 Å². The van der Waals surface area contributed by atoms with Gasteiger partial charge >= 0.3 is 5.97 Å². The lowest BCUT2D eigenvalue weighted by molar-refractivity contribution is 0.0600. The van der Waals surface area contributed by atoms with Crippen LogP contribution in [-0.4, -0.2) is 27.3 Å². The molecule has 4 nitrogen and oxygen atoms in total. The van der Waals surface area contributed by atoms with E-state index in [2.05, 4.69) is 23.7 Å². The lowest BCUT2D eigenvalue weighted by Gasteiger charge is -2.06. The number of methoxy groups -OCH3 is 3. The zero-order valence-corrected chi connectivity index (χ0v) is 17.0.